The molecule has 4 nitrogen and oxygen atoms in total. The minimum atomic E-state index is -4.79. The molecule has 0 aliphatic heterocycles. The highest BCUT2D eigenvalue weighted by molar-refractivity contribution is 5.97. The van der Waals surface area contributed by atoms with Gasteiger partial charge in [0, 0.05) is 5.56 Å². The van der Waals surface area contributed by atoms with Gasteiger partial charge in [-0.05, 0) is 30.5 Å². The molecule has 0 heterocycles. The first-order valence-electron chi connectivity index (χ1n) is 11.9. The standard InChI is InChI=1S/C25H37F4NO3/c1-4-5-6-7-8-9-10-11-12-13-14-33-24(32)22(18(2)3)30-23(31)19-15-20(25(27,28)29)17-21(26)16-19/h15-18,22H,4-14H2,1-3H3,(H,30,31). The van der Waals surface area contributed by atoms with Gasteiger partial charge in [-0.15, -0.1) is 0 Å². The maximum absolute atomic E-state index is 13.6. The van der Waals surface area contributed by atoms with Gasteiger partial charge in [-0.25, -0.2) is 9.18 Å². The van der Waals surface area contributed by atoms with E-state index in [-0.39, 0.29) is 12.5 Å². The molecule has 0 bridgehead atoms. The van der Waals surface area contributed by atoms with Crippen LogP contribution in [0.15, 0.2) is 18.2 Å². The topological polar surface area (TPSA) is 55.4 Å². The number of amides is 1. The summed E-state index contributed by atoms with van der Waals surface area (Å²) in [5, 5.41) is 2.38. The zero-order chi connectivity index (χ0) is 24.9. The molecule has 0 saturated carbocycles. The van der Waals surface area contributed by atoms with Gasteiger partial charge in [0.15, 0.2) is 0 Å². The molecule has 188 valence electrons. The Labute approximate surface area is 194 Å². The van der Waals surface area contributed by atoms with Crippen molar-refractivity contribution in [3.63, 3.8) is 0 Å². The summed E-state index contributed by atoms with van der Waals surface area (Å²) in [6.07, 6.45) is 6.64. The Balaban J connectivity index is 2.45. The van der Waals surface area contributed by atoms with Gasteiger partial charge in [-0.3, -0.25) is 4.79 Å². The number of esters is 1. The number of hydrogen-bond acceptors (Lipinski definition) is 3. The molecule has 8 heteroatoms. The highest BCUT2D eigenvalue weighted by Crippen LogP contribution is 2.30. The molecule has 0 aliphatic rings. The van der Waals surface area contributed by atoms with E-state index in [1.807, 2.05) is 0 Å². The predicted octanol–water partition coefficient (Wildman–Crippen LogP) is 7.06. The second-order valence-electron chi connectivity index (χ2n) is 8.77. The van der Waals surface area contributed by atoms with E-state index in [1.165, 1.54) is 38.5 Å². The minimum Gasteiger partial charge on any atom is -0.464 e. The summed E-state index contributed by atoms with van der Waals surface area (Å²) < 4.78 is 57.5. The quantitative estimate of drug-likeness (QED) is 0.168. The van der Waals surface area contributed by atoms with Crippen molar-refractivity contribution in [2.45, 2.75) is 97.2 Å². The highest BCUT2D eigenvalue weighted by atomic mass is 19.4. The molecule has 0 aromatic heterocycles. The molecule has 0 fully saturated rings. The van der Waals surface area contributed by atoms with Crippen molar-refractivity contribution in [3.8, 4) is 0 Å². The van der Waals surface area contributed by atoms with Crippen molar-refractivity contribution in [1.82, 2.24) is 5.32 Å². The van der Waals surface area contributed by atoms with Crippen LogP contribution in [0, 0.1) is 11.7 Å². The van der Waals surface area contributed by atoms with E-state index in [4.69, 9.17) is 4.74 Å². The second-order valence-corrected chi connectivity index (χ2v) is 8.77. The smallest absolute Gasteiger partial charge is 0.416 e. The number of hydrogen-bond donors (Lipinski definition) is 1. The van der Waals surface area contributed by atoms with Crippen molar-refractivity contribution in [2.75, 3.05) is 6.61 Å². The molecule has 33 heavy (non-hydrogen) atoms. The lowest BCUT2D eigenvalue weighted by atomic mass is 10.0. The third-order valence-corrected chi connectivity index (χ3v) is 5.44. The Hall–Kier alpha value is -2.12. The van der Waals surface area contributed by atoms with E-state index < -0.39 is 41.0 Å². The maximum Gasteiger partial charge on any atom is 0.416 e. The molecule has 1 rings (SSSR count). The summed E-state index contributed by atoms with van der Waals surface area (Å²) in [7, 11) is 0. The number of carbonyl (C=O) groups is 2. The Bertz CT molecular complexity index is 735. The molecular weight excluding hydrogens is 438 g/mol. The summed E-state index contributed by atoms with van der Waals surface area (Å²) in [5.41, 5.74) is -1.77. The molecular formula is C25H37F4NO3. The Morgan fingerprint density at radius 1 is 0.909 bits per heavy atom. The Kier molecular flexibility index (Phi) is 13.1. The lowest BCUT2D eigenvalue weighted by Crippen LogP contribution is -2.45. The lowest BCUT2D eigenvalue weighted by molar-refractivity contribution is -0.147. The van der Waals surface area contributed by atoms with Gasteiger partial charge < -0.3 is 10.1 Å². The fraction of sp³-hybridized carbons (Fsp3) is 0.680. The van der Waals surface area contributed by atoms with Crippen LogP contribution in [0.5, 0.6) is 0 Å². The third-order valence-electron chi connectivity index (χ3n) is 5.44. The SMILES string of the molecule is CCCCCCCCCCCCOC(=O)C(NC(=O)c1cc(F)cc(C(F)(F)F)c1)C(C)C. The van der Waals surface area contributed by atoms with Gasteiger partial charge in [0.2, 0.25) is 0 Å². The first-order valence-corrected chi connectivity index (χ1v) is 11.9. The van der Waals surface area contributed by atoms with E-state index in [0.717, 1.165) is 19.3 Å². The van der Waals surface area contributed by atoms with Crippen molar-refractivity contribution in [2.24, 2.45) is 5.92 Å². The van der Waals surface area contributed by atoms with E-state index in [1.54, 1.807) is 13.8 Å². The van der Waals surface area contributed by atoms with Crippen molar-refractivity contribution < 1.29 is 31.9 Å². The first-order chi connectivity index (χ1) is 15.6. The van der Waals surface area contributed by atoms with E-state index in [2.05, 4.69) is 12.2 Å². The Morgan fingerprint density at radius 2 is 1.45 bits per heavy atom. The fourth-order valence-electron chi connectivity index (χ4n) is 3.46. The minimum absolute atomic E-state index is 0.215. The molecule has 1 unspecified atom stereocenters. The zero-order valence-corrected chi connectivity index (χ0v) is 19.9. The molecule has 0 radical (unpaired) electrons. The predicted molar refractivity (Wildman–Crippen MR) is 120 cm³/mol. The molecule has 1 amide bonds. The number of unbranched alkanes of at least 4 members (excludes halogenated alkanes) is 9. The van der Waals surface area contributed by atoms with Crippen LogP contribution >= 0.6 is 0 Å². The monoisotopic (exact) mass is 475 g/mol. The van der Waals surface area contributed by atoms with Crippen LogP contribution in [0.4, 0.5) is 17.6 Å². The van der Waals surface area contributed by atoms with Crippen LogP contribution in [0.3, 0.4) is 0 Å². The van der Waals surface area contributed by atoms with Crippen LogP contribution in [0.25, 0.3) is 0 Å². The normalized spacial score (nSPS) is 12.6. The van der Waals surface area contributed by atoms with Gasteiger partial charge in [0.25, 0.3) is 5.91 Å². The average molecular weight is 476 g/mol. The van der Waals surface area contributed by atoms with Gasteiger partial charge in [0.1, 0.15) is 11.9 Å². The first kappa shape index (κ1) is 28.9. The summed E-state index contributed by atoms with van der Waals surface area (Å²) in [6, 6.07) is 0.540. The van der Waals surface area contributed by atoms with Crippen LogP contribution in [-0.2, 0) is 15.7 Å². The fourth-order valence-corrected chi connectivity index (χ4v) is 3.46. The third kappa shape index (κ3) is 11.5. The number of rotatable bonds is 15. The average Bonchev–Trinajstić information content (AvgIpc) is 2.74. The number of benzene rings is 1. The van der Waals surface area contributed by atoms with Gasteiger partial charge in [0.05, 0.1) is 12.2 Å². The van der Waals surface area contributed by atoms with E-state index in [9.17, 15) is 27.2 Å². The Morgan fingerprint density at radius 3 is 1.97 bits per heavy atom. The lowest BCUT2D eigenvalue weighted by Gasteiger charge is -2.21. The molecule has 0 aliphatic carbocycles. The van der Waals surface area contributed by atoms with Gasteiger partial charge >= 0.3 is 12.1 Å². The van der Waals surface area contributed by atoms with Gasteiger partial charge in [-0.1, -0.05) is 78.6 Å². The van der Waals surface area contributed by atoms with Crippen LogP contribution in [0.1, 0.15) is 101 Å². The molecule has 0 spiro atoms. The van der Waals surface area contributed by atoms with Crippen molar-refractivity contribution >= 4 is 11.9 Å². The van der Waals surface area contributed by atoms with E-state index >= 15 is 0 Å². The highest BCUT2D eigenvalue weighted by Gasteiger charge is 2.33. The number of alkyl halides is 3. The zero-order valence-electron chi connectivity index (χ0n) is 19.9. The number of nitrogens with one attached hydrogen (secondary N) is 1. The maximum atomic E-state index is 13.6. The molecule has 1 aromatic rings. The molecule has 1 N–H and O–H groups in total. The summed E-state index contributed by atoms with van der Waals surface area (Å²) in [4.78, 5) is 24.8. The van der Waals surface area contributed by atoms with Crippen LogP contribution < -0.4 is 5.32 Å². The largest absolute Gasteiger partial charge is 0.464 e. The molecule has 1 atom stereocenters. The van der Waals surface area contributed by atoms with Crippen molar-refractivity contribution in [1.29, 1.82) is 0 Å². The van der Waals surface area contributed by atoms with Gasteiger partial charge in [-0.2, -0.15) is 13.2 Å². The number of carbonyl (C=O) groups excluding carboxylic acids is 2. The summed E-state index contributed by atoms with van der Waals surface area (Å²) in [5.74, 6) is -3.15. The molecule has 0 saturated heterocycles. The van der Waals surface area contributed by atoms with E-state index in [0.29, 0.717) is 24.6 Å². The molecule has 1 aromatic carbocycles. The number of ether oxygens (including phenoxy) is 1. The summed E-state index contributed by atoms with van der Waals surface area (Å²) >= 11 is 0. The van der Waals surface area contributed by atoms with Crippen LogP contribution in [-0.4, -0.2) is 24.5 Å². The van der Waals surface area contributed by atoms with Crippen molar-refractivity contribution in [3.05, 3.63) is 35.1 Å². The second kappa shape index (κ2) is 14.9. The number of halogens is 4. The van der Waals surface area contributed by atoms with Crippen LogP contribution in [0.2, 0.25) is 0 Å². The summed E-state index contributed by atoms with van der Waals surface area (Å²) in [6.45, 7) is 5.77.